The molecular weight excluding hydrogens is 404 g/mol. The third kappa shape index (κ3) is 3.17. The van der Waals surface area contributed by atoms with Gasteiger partial charge in [-0.15, -0.1) is 0 Å². The Balaban J connectivity index is 2.03. The Morgan fingerprint density at radius 1 is 0.867 bits per heavy atom. The van der Waals surface area contributed by atoms with Crippen LogP contribution in [0.3, 0.4) is 0 Å². The predicted octanol–water partition coefficient (Wildman–Crippen LogP) is 2.65. The Labute approximate surface area is 172 Å². The molecule has 150 valence electrons. The lowest BCUT2D eigenvalue weighted by atomic mass is 9.80. The molecular formula is C22H16N2O5S. The largest absolute Gasteiger partial charge is 0.398 e. The number of anilines is 2. The minimum atomic E-state index is -3.81. The molecule has 0 aromatic heterocycles. The van der Waals surface area contributed by atoms with Gasteiger partial charge in [0.05, 0.1) is 28.8 Å². The van der Waals surface area contributed by atoms with Crippen LogP contribution in [0.25, 0.3) is 0 Å². The van der Waals surface area contributed by atoms with Crippen LogP contribution in [0.15, 0.2) is 60.7 Å². The van der Waals surface area contributed by atoms with Gasteiger partial charge in [0.1, 0.15) is 0 Å². The second-order valence-corrected chi connectivity index (χ2v) is 8.66. The van der Waals surface area contributed by atoms with Gasteiger partial charge in [0, 0.05) is 22.3 Å². The predicted molar refractivity (Wildman–Crippen MR) is 113 cm³/mol. The smallest absolute Gasteiger partial charge is 0.229 e. The van der Waals surface area contributed by atoms with E-state index in [0.717, 1.165) is 6.26 Å². The fourth-order valence-corrected chi connectivity index (χ4v) is 4.09. The van der Waals surface area contributed by atoms with E-state index in [1.54, 1.807) is 42.5 Å². The Bertz CT molecular complexity index is 1350. The summed E-state index contributed by atoms with van der Waals surface area (Å²) in [6.45, 7) is 0. The van der Waals surface area contributed by atoms with Crippen molar-refractivity contribution in [2.45, 2.75) is 0 Å². The molecule has 30 heavy (non-hydrogen) atoms. The molecule has 3 N–H and O–H groups in total. The van der Waals surface area contributed by atoms with E-state index >= 15 is 0 Å². The van der Waals surface area contributed by atoms with E-state index in [2.05, 4.69) is 4.72 Å². The maximum Gasteiger partial charge on any atom is 0.229 e. The summed E-state index contributed by atoms with van der Waals surface area (Å²) >= 11 is 0. The molecule has 0 aliphatic heterocycles. The first kappa shape index (κ1) is 19.5. The van der Waals surface area contributed by atoms with E-state index in [4.69, 9.17) is 5.73 Å². The van der Waals surface area contributed by atoms with Gasteiger partial charge in [-0.25, -0.2) is 8.42 Å². The van der Waals surface area contributed by atoms with Crippen LogP contribution in [0.1, 0.15) is 47.8 Å². The molecule has 1 aliphatic carbocycles. The zero-order valence-corrected chi connectivity index (χ0v) is 16.6. The van der Waals surface area contributed by atoms with Crippen molar-refractivity contribution in [2.75, 3.05) is 16.7 Å². The summed E-state index contributed by atoms with van der Waals surface area (Å²) in [7, 11) is -3.81. The first-order chi connectivity index (χ1) is 14.2. The van der Waals surface area contributed by atoms with Gasteiger partial charge in [-0.1, -0.05) is 54.6 Å². The van der Waals surface area contributed by atoms with E-state index in [1.807, 2.05) is 0 Å². The Hall–Kier alpha value is -3.78. The molecule has 7 nitrogen and oxygen atoms in total. The van der Waals surface area contributed by atoms with Crippen LogP contribution in [0, 0.1) is 0 Å². The summed E-state index contributed by atoms with van der Waals surface area (Å²) in [5, 5.41) is 0. The summed E-state index contributed by atoms with van der Waals surface area (Å²) in [5.41, 5.74) is 6.10. The van der Waals surface area contributed by atoms with Crippen LogP contribution in [-0.2, 0) is 10.0 Å². The summed E-state index contributed by atoms with van der Waals surface area (Å²) in [6, 6.07) is 15.6. The summed E-state index contributed by atoms with van der Waals surface area (Å²) in [4.78, 5) is 39.4. The molecule has 1 aliphatic rings. The molecule has 0 saturated heterocycles. The third-order valence-electron chi connectivity index (χ3n) is 4.81. The lowest BCUT2D eigenvalue weighted by Gasteiger charge is -2.23. The average Bonchev–Trinajstić information content (AvgIpc) is 2.72. The van der Waals surface area contributed by atoms with Gasteiger partial charge in [-0.2, -0.15) is 0 Å². The molecule has 0 atom stereocenters. The highest BCUT2D eigenvalue weighted by molar-refractivity contribution is 7.92. The van der Waals surface area contributed by atoms with Crippen LogP contribution in [0.2, 0.25) is 0 Å². The highest BCUT2D eigenvalue weighted by Gasteiger charge is 2.36. The van der Waals surface area contributed by atoms with E-state index < -0.39 is 27.4 Å². The number of ketones is 3. The molecule has 0 saturated carbocycles. The summed E-state index contributed by atoms with van der Waals surface area (Å²) in [6.07, 6.45) is 0.914. The fourth-order valence-electron chi connectivity index (χ4n) is 3.53. The van der Waals surface area contributed by atoms with Gasteiger partial charge in [-0.05, 0) is 6.07 Å². The number of carbonyl (C=O) groups is 3. The number of carbonyl (C=O) groups excluding carboxylic acids is 3. The lowest BCUT2D eigenvalue weighted by Crippen LogP contribution is -2.26. The molecule has 0 spiro atoms. The first-order valence-electron chi connectivity index (χ1n) is 8.91. The molecule has 0 unspecified atom stereocenters. The van der Waals surface area contributed by atoms with Crippen LogP contribution < -0.4 is 10.5 Å². The van der Waals surface area contributed by atoms with Crippen LogP contribution in [0.5, 0.6) is 0 Å². The van der Waals surface area contributed by atoms with Crippen molar-refractivity contribution < 1.29 is 22.8 Å². The summed E-state index contributed by atoms with van der Waals surface area (Å²) < 4.78 is 26.1. The molecule has 8 heteroatoms. The third-order valence-corrected chi connectivity index (χ3v) is 5.40. The van der Waals surface area contributed by atoms with E-state index in [9.17, 15) is 22.8 Å². The zero-order valence-electron chi connectivity index (χ0n) is 15.8. The second kappa shape index (κ2) is 6.93. The van der Waals surface area contributed by atoms with Gasteiger partial charge in [-0.3, -0.25) is 19.1 Å². The molecule has 0 bridgehead atoms. The maximum atomic E-state index is 13.2. The zero-order chi connectivity index (χ0) is 21.6. The van der Waals surface area contributed by atoms with E-state index in [1.165, 1.54) is 18.2 Å². The van der Waals surface area contributed by atoms with Crippen LogP contribution in [0.4, 0.5) is 11.4 Å². The monoisotopic (exact) mass is 420 g/mol. The number of hydrogen-bond acceptors (Lipinski definition) is 6. The van der Waals surface area contributed by atoms with Crippen molar-refractivity contribution in [1.29, 1.82) is 0 Å². The SMILES string of the molecule is CS(=O)(=O)Nc1cc(C(=O)c2ccccc2)c(N)c2c1C(=O)c1ccccc1C2=O. The fraction of sp³-hybridized carbons (Fsp3) is 0.0455. The van der Waals surface area contributed by atoms with Gasteiger partial charge >= 0.3 is 0 Å². The Morgan fingerprint density at radius 3 is 1.97 bits per heavy atom. The van der Waals surface area contributed by atoms with Crippen molar-refractivity contribution in [3.63, 3.8) is 0 Å². The highest BCUT2D eigenvalue weighted by Crippen LogP contribution is 2.38. The number of nitrogens with one attached hydrogen (secondary N) is 1. The first-order valence-corrected chi connectivity index (χ1v) is 10.8. The van der Waals surface area contributed by atoms with Gasteiger partial charge in [0.2, 0.25) is 10.0 Å². The van der Waals surface area contributed by atoms with Crippen LogP contribution >= 0.6 is 0 Å². The Morgan fingerprint density at radius 2 is 1.40 bits per heavy atom. The lowest BCUT2D eigenvalue weighted by molar-refractivity contribution is 0.0979. The van der Waals surface area contributed by atoms with Crippen LogP contribution in [-0.4, -0.2) is 32.0 Å². The quantitative estimate of drug-likeness (QED) is 0.386. The van der Waals surface area contributed by atoms with Crippen molar-refractivity contribution in [3.8, 4) is 0 Å². The van der Waals surface area contributed by atoms with Crippen molar-refractivity contribution in [2.24, 2.45) is 0 Å². The number of rotatable bonds is 4. The van der Waals surface area contributed by atoms with Gasteiger partial charge in [0.25, 0.3) is 0 Å². The molecule has 3 aromatic carbocycles. The summed E-state index contributed by atoms with van der Waals surface area (Å²) in [5.74, 6) is -1.58. The minimum Gasteiger partial charge on any atom is -0.398 e. The maximum absolute atomic E-state index is 13.2. The molecule has 0 amide bonds. The topological polar surface area (TPSA) is 123 Å². The molecule has 0 fully saturated rings. The number of nitrogen functional groups attached to an aromatic ring is 1. The number of benzene rings is 3. The number of fused-ring (bicyclic) bond motifs is 2. The molecule has 3 aromatic rings. The minimum absolute atomic E-state index is 0.0633. The van der Waals surface area contributed by atoms with E-state index in [-0.39, 0.29) is 39.2 Å². The number of hydrogen-bond donors (Lipinski definition) is 2. The molecule has 0 radical (unpaired) electrons. The van der Waals surface area contributed by atoms with Crippen molar-refractivity contribution in [1.82, 2.24) is 0 Å². The molecule has 4 rings (SSSR count). The highest BCUT2D eigenvalue weighted by atomic mass is 32.2. The number of sulfonamides is 1. The van der Waals surface area contributed by atoms with Crippen molar-refractivity contribution in [3.05, 3.63) is 94.0 Å². The van der Waals surface area contributed by atoms with Gasteiger partial charge in [0.15, 0.2) is 17.3 Å². The normalized spacial score (nSPS) is 12.8. The van der Waals surface area contributed by atoms with E-state index in [0.29, 0.717) is 5.56 Å². The van der Waals surface area contributed by atoms with Gasteiger partial charge < -0.3 is 5.73 Å². The molecule has 0 heterocycles. The second-order valence-electron chi connectivity index (χ2n) is 6.91. The number of nitrogens with two attached hydrogens (primary N) is 1. The van der Waals surface area contributed by atoms with Crippen molar-refractivity contribution >= 4 is 38.7 Å². The standard InChI is InChI=1S/C22H16N2O5S/c1-30(28,29)24-16-11-15(20(25)12-7-3-2-4-8-12)19(23)18-17(16)21(26)13-9-5-6-10-14(13)22(18)27/h2-11,24H,23H2,1H3. The average molecular weight is 420 g/mol. The Kier molecular flexibility index (Phi) is 4.51.